The Morgan fingerprint density at radius 2 is 2.32 bits per heavy atom. The molecule has 2 rings (SSSR count). The van der Waals surface area contributed by atoms with Gasteiger partial charge in [0.15, 0.2) is 0 Å². The largest absolute Gasteiger partial charge is 0.454 e. The molecule has 0 saturated heterocycles. The third-order valence-electron chi connectivity index (χ3n) is 2.57. The van der Waals surface area contributed by atoms with E-state index in [4.69, 9.17) is 4.74 Å². The zero-order valence-electron chi connectivity index (χ0n) is 10.3. The number of esters is 1. The summed E-state index contributed by atoms with van der Waals surface area (Å²) in [6, 6.07) is 1.89. The highest BCUT2D eigenvalue weighted by Crippen LogP contribution is 2.26. The van der Waals surface area contributed by atoms with Crippen LogP contribution in [0.2, 0.25) is 0 Å². The number of aliphatic hydroxyl groups is 1. The Labute approximate surface area is 119 Å². The van der Waals surface area contributed by atoms with Crippen molar-refractivity contribution in [2.75, 3.05) is 0 Å². The highest BCUT2D eigenvalue weighted by Gasteiger charge is 2.23. The maximum atomic E-state index is 11.9. The minimum atomic E-state index is -1.11. The molecule has 2 aromatic heterocycles. The Bertz CT molecular complexity index is 548. The lowest BCUT2D eigenvalue weighted by atomic mass is 10.1. The van der Waals surface area contributed by atoms with Crippen LogP contribution in [0.25, 0.3) is 0 Å². The van der Waals surface area contributed by atoms with Gasteiger partial charge in [-0.05, 0) is 23.8 Å². The van der Waals surface area contributed by atoms with Gasteiger partial charge < -0.3 is 9.84 Å². The maximum absolute atomic E-state index is 11.9. The molecular formula is C13H13NO3S2. The fourth-order valence-electron chi connectivity index (χ4n) is 1.44. The molecule has 2 heterocycles. The lowest BCUT2D eigenvalue weighted by Gasteiger charge is -2.15. The molecule has 4 nitrogen and oxygen atoms in total. The molecule has 0 radical (unpaired) electrons. The summed E-state index contributed by atoms with van der Waals surface area (Å²) in [6.45, 7) is 5.37. The Hall–Kier alpha value is -1.50. The van der Waals surface area contributed by atoms with Gasteiger partial charge in [0.2, 0.25) is 0 Å². The topological polar surface area (TPSA) is 59.4 Å². The predicted molar refractivity (Wildman–Crippen MR) is 75.0 cm³/mol. The average Bonchev–Trinajstić information content (AvgIpc) is 3.08. The molecule has 0 saturated carbocycles. The lowest BCUT2D eigenvalue weighted by Crippen LogP contribution is -2.15. The summed E-state index contributed by atoms with van der Waals surface area (Å²) in [5, 5.41) is 15.9. The van der Waals surface area contributed by atoms with Crippen molar-refractivity contribution in [3.63, 3.8) is 0 Å². The summed E-state index contributed by atoms with van der Waals surface area (Å²) in [7, 11) is 0. The monoisotopic (exact) mass is 295 g/mol. The number of aromatic nitrogens is 1. The van der Waals surface area contributed by atoms with Crippen molar-refractivity contribution < 1.29 is 14.6 Å². The Kier molecular flexibility index (Phi) is 4.47. The van der Waals surface area contributed by atoms with Crippen molar-refractivity contribution in [1.82, 2.24) is 4.98 Å². The minimum absolute atomic E-state index is 0.00275. The number of thiophene rings is 1. The van der Waals surface area contributed by atoms with Crippen LogP contribution >= 0.6 is 22.7 Å². The van der Waals surface area contributed by atoms with E-state index in [2.05, 4.69) is 11.6 Å². The summed E-state index contributed by atoms with van der Waals surface area (Å²) in [5.41, 5.74) is 0.923. The normalized spacial score (nSPS) is 13.8. The van der Waals surface area contributed by atoms with Gasteiger partial charge in [0.25, 0.3) is 0 Å². The first-order chi connectivity index (χ1) is 9.09. The number of hydrogen-bond acceptors (Lipinski definition) is 6. The van der Waals surface area contributed by atoms with Crippen molar-refractivity contribution in [2.24, 2.45) is 0 Å². The fourth-order valence-corrected chi connectivity index (χ4v) is 2.84. The number of nitrogens with zero attached hydrogens (tertiary/aromatic N) is 1. The molecule has 0 spiro atoms. The van der Waals surface area contributed by atoms with E-state index in [0.717, 1.165) is 5.56 Å². The first kappa shape index (κ1) is 13.9. The third kappa shape index (κ3) is 3.28. The van der Waals surface area contributed by atoms with Gasteiger partial charge in [-0.25, -0.2) is 9.78 Å². The van der Waals surface area contributed by atoms with E-state index in [9.17, 15) is 9.90 Å². The van der Waals surface area contributed by atoms with Gasteiger partial charge in [-0.15, -0.1) is 11.3 Å². The number of carbonyl (C=O) groups is 1. The molecule has 0 amide bonds. The molecule has 2 atom stereocenters. The van der Waals surface area contributed by atoms with Gasteiger partial charge in [-0.1, -0.05) is 6.58 Å². The van der Waals surface area contributed by atoms with Crippen molar-refractivity contribution >= 4 is 28.6 Å². The number of carbonyl (C=O) groups excluding carboxylic acids is 1. The van der Waals surface area contributed by atoms with Gasteiger partial charge >= 0.3 is 5.97 Å². The zero-order chi connectivity index (χ0) is 13.8. The Balaban J connectivity index is 1.98. The van der Waals surface area contributed by atoms with Crippen LogP contribution in [0.4, 0.5) is 0 Å². The van der Waals surface area contributed by atoms with Crippen LogP contribution in [-0.4, -0.2) is 16.1 Å². The van der Waals surface area contributed by atoms with E-state index in [1.165, 1.54) is 22.7 Å². The molecule has 100 valence electrons. The summed E-state index contributed by atoms with van der Waals surface area (Å²) in [5.74, 6) is -0.610. The van der Waals surface area contributed by atoms with E-state index in [0.29, 0.717) is 5.01 Å². The molecular weight excluding hydrogens is 282 g/mol. The highest BCUT2D eigenvalue weighted by molar-refractivity contribution is 7.09. The smallest absolute Gasteiger partial charge is 0.337 e. The van der Waals surface area contributed by atoms with E-state index in [-0.39, 0.29) is 11.7 Å². The first-order valence-corrected chi connectivity index (χ1v) is 7.41. The summed E-state index contributed by atoms with van der Waals surface area (Å²) >= 11 is 2.80. The number of rotatable bonds is 5. The van der Waals surface area contributed by atoms with E-state index in [1.807, 2.05) is 16.8 Å². The SMILES string of the molecule is C=C(C(=O)OC(C)c1ccsc1)C(O)c1nccs1. The first-order valence-electron chi connectivity index (χ1n) is 5.59. The van der Waals surface area contributed by atoms with Gasteiger partial charge in [0.1, 0.15) is 17.2 Å². The predicted octanol–water partition coefficient (Wildman–Crippen LogP) is 3.10. The third-order valence-corrected chi connectivity index (χ3v) is 4.10. The van der Waals surface area contributed by atoms with Gasteiger partial charge in [-0.3, -0.25) is 0 Å². The molecule has 19 heavy (non-hydrogen) atoms. The number of ether oxygens (including phenoxy) is 1. The van der Waals surface area contributed by atoms with Gasteiger partial charge in [-0.2, -0.15) is 11.3 Å². The zero-order valence-corrected chi connectivity index (χ0v) is 11.9. The van der Waals surface area contributed by atoms with Crippen LogP contribution < -0.4 is 0 Å². The Morgan fingerprint density at radius 3 is 2.89 bits per heavy atom. The highest BCUT2D eigenvalue weighted by atomic mass is 32.1. The van der Waals surface area contributed by atoms with Crippen LogP contribution in [0, 0.1) is 0 Å². The molecule has 0 aliphatic carbocycles. The summed E-state index contributed by atoms with van der Waals surface area (Å²) in [6.07, 6.45) is 0.0942. The van der Waals surface area contributed by atoms with Gasteiger partial charge in [0, 0.05) is 17.1 Å². The van der Waals surface area contributed by atoms with Crippen LogP contribution in [0.3, 0.4) is 0 Å². The quantitative estimate of drug-likeness (QED) is 0.680. The number of hydrogen-bond donors (Lipinski definition) is 1. The van der Waals surface area contributed by atoms with E-state index < -0.39 is 12.1 Å². The van der Waals surface area contributed by atoms with Crippen LogP contribution in [0.1, 0.15) is 29.7 Å². The second-order valence-electron chi connectivity index (χ2n) is 3.90. The van der Waals surface area contributed by atoms with Crippen molar-refractivity contribution in [2.45, 2.75) is 19.1 Å². The molecule has 0 aliphatic heterocycles. The summed E-state index contributed by atoms with van der Waals surface area (Å²) in [4.78, 5) is 15.8. The second-order valence-corrected chi connectivity index (χ2v) is 5.61. The average molecular weight is 295 g/mol. The molecule has 0 aromatic carbocycles. The molecule has 0 aliphatic rings. The fraction of sp³-hybridized carbons (Fsp3) is 0.231. The molecule has 2 unspecified atom stereocenters. The minimum Gasteiger partial charge on any atom is -0.454 e. The number of aliphatic hydroxyl groups excluding tert-OH is 1. The van der Waals surface area contributed by atoms with Crippen LogP contribution in [0.15, 0.2) is 40.6 Å². The Morgan fingerprint density at radius 1 is 1.53 bits per heavy atom. The molecule has 1 N–H and O–H groups in total. The lowest BCUT2D eigenvalue weighted by molar-refractivity contribution is -0.145. The van der Waals surface area contributed by atoms with E-state index in [1.54, 1.807) is 18.5 Å². The van der Waals surface area contributed by atoms with Crippen LogP contribution in [0.5, 0.6) is 0 Å². The maximum Gasteiger partial charge on any atom is 0.337 e. The summed E-state index contributed by atoms with van der Waals surface area (Å²) < 4.78 is 5.26. The van der Waals surface area contributed by atoms with Crippen molar-refractivity contribution in [3.05, 3.63) is 51.1 Å². The van der Waals surface area contributed by atoms with Gasteiger partial charge in [0.05, 0.1) is 5.57 Å². The standard InChI is InChI=1S/C13H13NO3S2/c1-8(11(15)12-14-4-6-19-12)13(16)17-9(2)10-3-5-18-7-10/h3-7,9,11,15H,1H2,2H3. The molecule has 0 fully saturated rings. The molecule has 0 bridgehead atoms. The van der Waals surface area contributed by atoms with Crippen LogP contribution in [-0.2, 0) is 9.53 Å². The number of thiazole rings is 1. The van der Waals surface area contributed by atoms with Crippen molar-refractivity contribution in [3.8, 4) is 0 Å². The molecule has 2 aromatic rings. The molecule has 6 heteroatoms. The second kappa shape index (κ2) is 6.10. The van der Waals surface area contributed by atoms with Crippen molar-refractivity contribution in [1.29, 1.82) is 0 Å². The van der Waals surface area contributed by atoms with E-state index >= 15 is 0 Å².